The topological polar surface area (TPSA) is 48.7 Å². The lowest BCUT2D eigenvalue weighted by Gasteiger charge is -2.05. The number of fused-ring (bicyclic) bond motifs is 1. The zero-order chi connectivity index (χ0) is 15.5. The molecule has 3 rings (SSSR count). The van der Waals surface area contributed by atoms with Crippen LogP contribution < -0.4 is 9.47 Å². The second-order valence-electron chi connectivity index (χ2n) is 4.73. The van der Waals surface area contributed by atoms with Crippen molar-refractivity contribution in [3.05, 3.63) is 59.3 Å². The molecule has 0 saturated heterocycles. The van der Waals surface area contributed by atoms with E-state index >= 15 is 0 Å². The number of esters is 1. The zero-order valence-corrected chi connectivity index (χ0v) is 12.6. The molecular formula is C17H13ClO4. The van der Waals surface area contributed by atoms with E-state index < -0.39 is 0 Å². The van der Waals surface area contributed by atoms with Gasteiger partial charge in [0.25, 0.3) is 0 Å². The minimum atomic E-state index is -0.368. The maximum Gasteiger partial charge on any atom is 0.315 e. The number of carbonyl (C=O) groups excluding carboxylic acids is 1. The summed E-state index contributed by atoms with van der Waals surface area (Å²) in [4.78, 5) is 12.0. The number of benzene rings is 2. The molecular weight excluding hydrogens is 304 g/mol. The van der Waals surface area contributed by atoms with Crippen LogP contribution in [0.15, 0.2) is 53.1 Å². The van der Waals surface area contributed by atoms with Gasteiger partial charge in [0.2, 0.25) is 0 Å². The summed E-state index contributed by atoms with van der Waals surface area (Å²) in [5.41, 5.74) is 1.44. The second kappa shape index (κ2) is 6.12. The van der Waals surface area contributed by atoms with Crippen LogP contribution in [0.25, 0.3) is 11.0 Å². The summed E-state index contributed by atoms with van der Waals surface area (Å²) in [6.07, 6.45) is 1.66. The van der Waals surface area contributed by atoms with Crippen LogP contribution in [0.1, 0.15) is 5.56 Å². The van der Waals surface area contributed by atoms with Crippen LogP contribution >= 0.6 is 11.6 Å². The molecule has 0 atom stereocenters. The van der Waals surface area contributed by atoms with Crippen molar-refractivity contribution < 1.29 is 18.7 Å². The summed E-state index contributed by atoms with van der Waals surface area (Å²) in [6.45, 7) is 0. The van der Waals surface area contributed by atoms with Gasteiger partial charge in [-0.05, 0) is 42.5 Å². The Morgan fingerprint density at radius 1 is 1.14 bits per heavy atom. The van der Waals surface area contributed by atoms with E-state index in [0.717, 1.165) is 10.9 Å². The first-order valence-corrected chi connectivity index (χ1v) is 7.04. The van der Waals surface area contributed by atoms with Crippen LogP contribution in [0, 0.1) is 0 Å². The predicted molar refractivity (Wildman–Crippen MR) is 83.6 cm³/mol. The molecule has 0 unspecified atom stereocenters. The van der Waals surface area contributed by atoms with Crippen molar-refractivity contribution in [2.24, 2.45) is 0 Å². The molecule has 2 aromatic carbocycles. The number of rotatable bonds is 4. The average Bonchev–Trinajstić information content (AvgIpc) is 2.90. The van der Waals surface area contributed by atoms with Gasteiger partial charge in [-0.15, -0.1) is 0 Å². The molecule has 0 radical (unpaired) electrons. The van der Waals surface area contributed by atoms with Gasteiger partial charge in [0.1, 0.15) is 17.1 Å². The maximum atomic E-state index is 12.0. The van der Waals surface area contributed by atoms with Crippen molar-refractivity contribution in [3.8, 4) is 11.5 Å². The summed E-state index contributed by atoms with van der Waals surface area (Å²) < 4.78 is 15.8. The fourth-order valence-corrected chi connectivity index (χ4v) is 2.33. The first-order valence-electron chi connectivity index (χ1n) is 6.66. The van der Waals surface area contributed by atoms with Gasteiger partial charge >= 0.3 is 5.97 Å². The van der Waals surface area contributed by atoms with E-state index in [-0.39, 0.29) is 12.4 Å². The zero-order valence-electron chi connectivity index (χ0n) is 11.8. The molecule has 0 saturated carbocycles. The van der Waals surface area contributed by atoms with Crippen molar-refractivity contribution in [1.82, 2.24) is 0 Å². The SMILES string of the molecule is COc1ccc(OC(=O)Cc2coc3ccc(Cl)cc23)cc1. The Morgan fingerprint density at radius 3 is 2.59 bits per heavy atom. The Kier molecular flexibility index (Phi) is 4.02. The Balaban J connectivity index is 1.73. The molecule has 5 heteroatoms. The highest BCUT2D eigenvalue weighted by molar-refractivity contribution is 6.31. The highest BCUT2D eigenvalue weighted by atomic mass is 35.5. The van der Waals surface area contributed by atoms with Crippen LogP contribution in [0.4, 0.5) is 0 Å². The molecule has 0 spiro atoms. The minimum Gasteiger partial charge on any atom is -0.497 e. The van der Waals surface area contributed by atoms with Gasteiger partial charge in [-0.1, -0.05) is 11.6 Å². The molecule has 3 aromatic rings. The van der Waals surface area contributed by atoms with Crippen LogP contribution in [0.2, 0.25) is 5.02 Å². The molecule has 112 valence electrons. The molecule has 0 amide bonds. The van der Waals surface area contributed by atoms with Gasteiger partial charge in [0.05, 0.1) is 19.8 Å². The van der Waals surface area contributed by atoms with Crippen molar-refractivity contribution >= 4 is 28.5 Å². The summed E-state index contributed by atoms with van der Waals surface area (Å²) in [6, 6.07) is 12.1. The largest absolute Gasteiger partial charge is 0.497 e. The average molecular weight is 317 g/mol. The third-order valence-electron chi connectivity index (χ3n) is 3.24. The molecule has 0 bridgehead atoms. The first kappa shape index (κ1) is 14.5. The van der Waals surface area contributed by atoms with E-state index in [4.69, 9.17) is 25.5 Å². The molecule has 0 aliphatic heterocycles. The summed E-state index contributed by atoms with van der Waals surface area (Å²) in [5, 5.41) is 1.41. The van der Waals surface area contributed by atoms with E-state index in [1.165, 1.54) is 0 Å². The number of halogens is 1. The lowest BCUT2D eigenvalue weighted by atomic mass is 10.1. The van der Waals surface area contributed by atoms with Gasteiger partial charge in [-0.3, -0.25) is 4.79 Å². The Morgan fingerprint density at radius 2 is 1.86 bits per heavy atom. The molecule has 4 nitrogen and oxygen atoms in total. The number of hydrogen-bond acceptors (Lipinski definition) is 4. The number of ether oxygens (including phenoxy) is 2. The summed E-state index contributed by atoms with van der Waals surface area (Å²) >= 11 is 5.97. The smallest absolute Gasteiger partial charge is 0.315 e. The number of carbonyl (C=O) groups is 1. The summed E-state index contributed by atoms with van der Waals surface area (Å²) in [7, 11) is 1.58. The van der Waals surface area contributed by atoms with Crippen LogP contribution in [0.3, 0.4) is 0 Å². The van der Waals surface area contributed by atoms with Crippen molar-refractivity contribution in [3.63, 3.8) is 0 Å². The van der Waals surface area contributed by atoms with Crippen molar-refractivity contribution in [1.29, 1.82) is 0 Å². The monoisotopic (exact) mass is 316 g/mol. The third kappa shape index (κ3) is 3.07. The van der Waals surface area contributed by atoms with Crippen LogP contribution in [-0.2, 0) is 11.2 Å². The minimum absolute atomic E-state index is 0.110. The highest BCUT2D eigenvalue weighted by Gasteiger charge is 2.12. The number of furan rings is 1. The lowest BCUT2D eigenvalue weighted by molar-refractivity contribution is -0.133. The third-order valence-corrected chi connectivity index (χ3v) is 3.48. The van der Waals surface area contributed by atoms with Crippen molar-refractivity contribution in [2.75, 3.05) is 7.11 Å². The van der Waals surface area contributed by atoms with Gasteiger partial charge < -0.3 is 13.9 Å². The second-order valence-corrected chi connectivity index (χ2v) is 5.16. The van der Waals surface area contributed by atoms with Gasteiger partial charge in [0, 0.05) is 16.0 Å². The number of hydrogen-bond donors (Lipinski definition) is 0. The molecule has 0 fully saturated rings. The molecule has 0 aliphatic carbocycles. The normalized spacial score (nSPS) is 10.6. The van der Waals surface area contributed by atoms with E-state index in [1.54, 1.807) is 55.8 Å². The van der Waals surface area contributed by atoms with Gasteiger partial charge in [-0.25, -0.2) is 0 Å². The molecule has 22 heavy (non-hydrogen) atoms. The standard InChI is InChI=1S/C17H13ClO4/c1-20-13-3-5-14(6-4-13)22-17(19)8-11-10-21-16-7-2-12(18)9-15(11)16/h2-7,9-10H,8H2,1H3. The van der Waals surface area contributed by atoms with Gasteiger partial charge in [0.15, 0.2) is 0 Å². The quantitative estimate of drug-likeness (QED) is 0.533. The van der Waals surface area contributed by atoms with E-state index in [1.807, 2.05) is 0 Å². The van der Waals surface area contributed by atoms with Crippen LogP contribution in [0.5, 0.6) is 11.5 Å². The lowest BCUT2D eigenvalue weighted by Crippen LogP contribution is -2.10. The van der Waals surface area contributed by atoms with Crippen molar-refractivity contribution in [2.45, 2.75) is 6.42 Å². The molecule has 1 heterocycles. The molecule has 0 aliphatic rings. The number of methoxy groups -OCH3 is 1. The Hall–Kier alpha value is -2.46. The van der Waals surface area contributed by atoms with Gasteiger partial charge in [-0.2, -0.15) is 0 Å². The maximum absolute atomic E-state index is 12.0. The molecule has 0 N–H and O–H groups in total. The summed E-state index contributed by atoms with van der Waals surface area (Å²) in [5.74, 6) is 0.805. The Bertz CT molecular complexity index is 805. The van der Waals surface area contributed by atoms with E-state index in [2.05, 4.69) is 0 Å². The van der Waals surface area contributed by atoms with Crippen LogP contribution in [-0.4, -0.2) is 13.1 Å². The molecule has 1 aromatic heterocycles. The first-order chi connectivity index (χ1) is 10.7. The highest BCUT2D eigenvalue weighted by Crippen LogP contribution is 2.25. The van der Waals surface area contributed by atoms with E-state index in [9.17, 15) is 4.79 Å². The fourth-order valence-electron chi connectivity index (χ4n) is 2.16. The predicted octanol–water partition coefficient (Wildman–Crippen LogP) is 4.24. The Labute approximate surface area is 132 Å². The fraction of sp³-hybridized carbons (Fsp3) is 0.118. The van der Waals surface area contributed by atoms with E-state index in [0.29, 0.717) is 22.1 Å².